The van der Waals surface area contributed by atoms with Crippen LogP contribution in [0, 0.1) is 0 Å². The SMILES string of the molecule is C[C@H](NC(=O)c1ccc(Br)o1)C(=O)OC(C)(C)C. The van der Waals surface area contributed by atoms with Crippen LogP contribution in [0.3, 0.4) is 0 Å². The first kappa shape index (κ1) is 14.8. The normalized spacial score (nSPS) is 12.9. The minimum Gasteiger partial charge on any atom is -0.458 e. The second kappa shape index (κ2) is 5.56. The summed E-state index contributed by atoms with van der Waals surface area (Å²) >= 11 is 3.10. The largest absolute Gasteiger partial charge is 0.458 e. The molecule has 1 amide bonds. The van der Waals surface area contributed by atoms with Gasteiger partial charge in [0.15, 0.2) is 10.4 Å². The van der Waals surface area contributed by atoms with Gasteiger partial charge in [-0.1, -0.05) is 0 Å². The molecule has 0 saturated heterocycles. The number of hydrogen-bond acceptors (Lipinski definition) is 4. The highest BCUT2D eigenvalue weighted by Gasteiger charge is 2.24. The Balaban J connectivity index is 2.57. The fourth-order valence-electron chi connectivity index (χ4n) is 1.15. The Kier molecular flexibility index (Phi) is 4.56. The van der Waals surface area contributed by atoms with E-state index in [1.54, 1.807) is 33.8 Å². The first-order valence-electron chi connectivity index (χ1n) is 5.48. The lowest BCUT2D eigenvalue weighted by atomic mass is 10.2. The van der Waals surface area contributed by atoms with Crippen LogP contribution in [-0.4, -0.2) is 23.5 Å². The molecule has 0 saturated carbocycles. The number of hydrogen-bond donors (Lipinski definition) is 1. The van der Waals surface area contributed by atoms with E-state index in [9.17, 15) is 9.59 Å². The van der Waals surface area contributed by atoms with Gasteiger partial charge in [0.1, 0.15) is 11.6 Å². The van der Waals surface area contributed by atoms with E-state index >= 15 is 0 Å². The van der Waals surface area contributed by atoms with Crippen LogP contribution in [-0.2, 0) is 9.53 Å². The molecule has 100 valence electrons. The van der Waals surface area contributed by atoms with E-state index in [0.717, 1.165) is 0 Å². The van der Waals surface area contributed by atoms with Gasteiger partial charge >= 0.3 is 5.97 Å². The number of halogens is 1. The minimum absolute atomic E-state index is 0.136. The van der Waals surface area contributed by atoms with Crippen LogP contribution in [0.5, 0.6) is 0 Å². The van der Waals surface area contributed by atoms with Gasteiger partial charge in [-0.3, -0.25) is 4.79 Å². The summed E-state index contributed by atoms with van der Waals surface area (Å²) in [5.74, 6) is -0.808. The molecular formula is C12H16BrNO4. The lowest BCUT2D eigenvalue weighted by Gasteiger charge is -2.22. The summed E-state index contributed by atoms with van der Waals surface area (Å²) in [6.45, 7) is 6.86. The summed E-state index contributed by atoms with van der Waals surface area (Å²) < 4.78 is 10.7. The summed E-state index contributed by atoms with van der Waals surface area (Å²) in [6.07, 6.45) is 0. The van der Waals surface area contributed by atoms with Gasteiger partial charge in [-0.05, 0) is 55.8 Å². The molecule has 1 heterocycles. The van der Waals surface area contributed by atoms with Crippen LogP contribution in [0.2, 0.25) is 0 Å². The highest BCUT2D eigenvalue weighted by Crippen LogP contribution is 2.14. The van der Waals surface area contributed by atoms with Crippen LogP contribution in [0.4, 0.5) is 0 Å². The van der Waals surface area contributed by atoms with Crippen molar-refractivity contribution in [2.75, 3.05) is 0 Å². The molecule has 0 bridgehead atoms. The van der Waals surface area contributed by atoms with E-state index in [0.29, 0.717) is 4.67 Å². The van der Waals surface area contributed by atoms with Crippen LogP contribution < -0.4 is 5.32 Å². The molecule has 5 nitrogen and oxygen atoms in total. The van der Waals surface area contributed by atoms with Crippen LogP contribution >= 0.6 is 15.9 Å². The minimum atomic E-state index is -0.736. The van der Waals surface area contributed by atoms with Crippen LogP contribution in [0.25, 0.3) is 0 Å². The number of nitrogens with one attached hydrogen (secondary N) is 1. The number of esters is 1. The second-order valence-electron chi connectivity index (χ2n) is 4.83. The quantitative estimate of drug-likeness (QED) is 0.870. The Morgan fingerprint density at radius 2 is 2.00 bits per heavy atom. The lowest BCUT2D eigenvalue weighted by Crippen LogP contribution is -2.42. The van der Waals surface area contributed by atoms with Gasteiger partial charge in [0, 0.05) is 0 Å². The van der Waals surface area contributed by atoms with Crippen molar-refractivity contribution in [3.05, 3.63) is 22.6 Å². The highest BCUT2D eigenvalue weighted by atomic mass is 79.9. The van der Waals surface area contributed by atoms with E-state index in [1.807, 2.05) is 0 Å². The predicted octanol–water partition coefficient (Wildman–Crippen LogP) is 2.50. The molecule has 0 aliphatic carbocycles. The lowest BCUT2D eigenvalue weighted by molar-refractivity contribution is -0.156. The fourth-order valence-corrected chi connectivity index (χ4v) is 1.46. The number of carbonyl (C=O) groups is 2. The van der Waals surface area contributed by atoms with Gasteiger partial charge in [0.05, 0.1) is 0 Å². The van der Waals surface area contributed by atoms with Crippen molar-refractivity contribution < 1.29 is 18.7 Å². The summed E-state index contributed by atoms with van der Waals surface area (Å²) in [6, 6.07) is 2.38. The maximum atomic E-state index is 11.7. The molecule has 1 atom stereocenters. The van der Waals surface area contributed by atoms with E-state index < -0.39 is 23.5 Å². The predicted molar refractivity (Wildman–Crippen MR) is 69.2 cm³/mol. The van der Waals surface area contributed by atoms with Crippen LogP contribution in [0.15, 0.2) is 21.2 Å². The van der Waals surface area contributed by atoms with Crippen molar-refractivity contribution in [1.29, 1.82) is 0 Å². The third kappa shape index (κ3) is 4.52. The van der Waals surface area contributed by atoms with Crippen molar-refractivity contribution in [2.24, 2.45) is 0 Å². The maximum absolute atomic E-state index is 11.7. The molecular weight excluding hydrogens is 302 g/mol. The number of furan rings is 1. The zero-order valence-corrected chi connectivity index (χ0v) is 12.3. The third-order valence-corrected chi connectivity index (χ3v) is 2.33. The zero-order chi connectivity index (χ0) is 13.9. The zero-order valence-electron chi connectivity index (χ0n) is 10.7. The fraction of sp³-hybridized carbons (Fsp3) is 0.500. The number of carbonyl (C=O) groups excluding carboxylic acids is 2. The number of amides is 1. The molecule has 0 aliphatic heterocycles. The number of rotatable bonds is 3. The molecule has 0 aromatic carbocycles. The van der Waals surface area contributed by atoms with Gasteiger partial charge in [-0.2, -0.15) is 0 Å². The van der Waals surface area contributed by atoms with E-state index in [4.69, 9.17) is 9.15 Å². The summed E-state index contributed by atoms with van der Waals surface area (Å²) in [7, 11) is 0. The van der Waals surface area contributed by atoms with Gasteiger partial charge in [-0.15, -0.1) is 0 Å². The van der Waals surface area contributed by atoms with E-state index in [1.165, 1.54) is 6.07 Å². The van der Waals surface area contributed by atoms with Gasteiger partial charge < -0.3 is 14.5 Å². The Morgan fingerprint density at radius 1 is 1.39 bits per heavy atom. The second-order valence-corrected chi connectivity index (χ2v) is 5.61. The Labute approximate surface area is 114 Å². The van der Waals surface area contributed by atoms with Gasteiger partial charge in [-0.25, -0.2) is 4.79 Å². The molecule has 1 aromatic heterocycles. The molecule has 1 rings (SSSR count). The summed E-state index contributed by atoms with van der Waals surface area (Å²) in [5, 5.41) is 2.50. The average molecular weight is 318 g/mol. The van der Waals surface area contributed by atoms with Crippen molar-refractivity contribution >= 4 is 27.8 Å². The molecule has 18 heavy (non-hydrogen) atoms. The molecule has 1 aromatic rings. The molecule has 0 radical (unpaired) electrons. The molecule has 0 unspecified atom stereocenters. The molecule has 6 heteroatoms. The van der Waals surface area contributed by atoms with Crippen LogP contribution in [0.1, 0.15) is 38.2 Å². The first-order valence-corrected chi connectivity index (χ1v) is 6.27. The van der Waals surface area contributed by atoms with Crippen molar-refractivity contribution in [1.82, 2.24) is 5.32 Å². The third-order valence-electron chi connectivity index (χ3n) is 1.90. The van der Waals surface area contributed by atoms with Crippen molar-refractivity contribution in [3.8, 4) is 0 Å². The maximum Gasteiger partial charge on any atom is 0.328 e. The average Bonchev–Trinajstić information content (AvgIpc) is 2.62. The smallest absolute Gasteiger partial charge is 0.328 e. The Hall–Kier alpha value is -1.30. The topological polar surface area (TPSA) is 68.5 Å². The number of ether oxygens (including phenoxy) is 1. The van der Waals surface area contributed by atoms with Gasteiger partial charge in [0.25, 0.3) is 5.91 Å². The summed E-state index contributed by atoms with van der Waals surface area (Å²) in [5.41, 5.74) is -0.580. The Morgan fingerprint density at radius 3 is 2.44 bits per heavy atom. The van der Waals surface area contributed by atoms with Crippen molar-refractivity contribution in [3.63, 3.8) is 0 Å². The van der Waals surface area contributed by atoms with Crippen molar-refractivity contribution in [2.45, 2.75) is 39.3 Å². The first-order chi connectivity index (χ1) is 8.19. The monoisotopic (exact) mass is 317 g/mol. The molecule has 0 fully saturated rings. The molecule has 0 spiro atoms. The Bertz CT molecular complexity index is 447. The van der Waals surface area contributed by atoms with E-state index in [2.05, 4.69) is 21.2 Å². The standard InChI is InChI=1S/C12H16BrNO4/c1-7(11(16)18-12(2,3)4)14-10(15)8-5-6-9(13)17-8/h5-7H,1-4H3,(H,14,15)/t7-/m0/s1. The molecule has 0 aliphatic rings. The van der Waals surface area contributed by atoms with E-state index in [-0.39, 0.29) is 5.76 Å². The highest BCUT2D eigenvalue weighted by molar-refractivity contribution is 9.10. The van der Waals surface area contributed by atoms with Gasteiger partial charge in [0.2, 0.25) is 0 Å². The summed E-state index contributed by atoms with van der Waals surface area (Å²) in [4.78, 5) is 23.4. The molecule has 1 N–H and O–H groups in total.